The minimum atomic E-state index is -5.08. The molecule has 0 aliphatic rings. The first-order chi connectivity index (χ1) is 6.69. The Labute approximate surface area is 79.5 Å². The number of halogens is 6. The lowest BCUT2D eigenvalue weighted by Crippen LogP contribution is -2.28. The molecular weight excluding hydrogens is 230 g/mol. The molecule has 0 heterocycles. The molecule has 0 saturated carbocycles. The summed E-state index contributed by atoms with van der Waals surface area (Å²) in [5, 5.41) is 7.96. The van der Waals surface area contributed by atoms with Gasteiger partial charge in [-0.25, -0.2) is 13.6 Å². The highest BCUT2D eigenvalue weighted by molar-refractivity contribution is 5.80. The van der Waals surface area contributed by atoms with Gasteiger partial charge in [0.15, 0.2) is 0 Å². The minimum absolute atomic E-state index is 0.0786. The molecule has 8 heteroatoms. The molecule has 0 fully saturated rings. The van der Waals surface area contributed by atoms with Gasteiger partial charge in [-0.15, -0.1) is 0 Å². The molecule has 0 unspecified atom stereocenters. The van der Waals surface area contributed by atoms with Gasteiger partial charge in [0.2, 0.25) is 0 Å². The Morgan fingerprint density at radius 3 is 1.93 bits per heavy atom. The van der Waals surface area contributed by atoms with Gasteiger partial charge in [-0.2, -0.15) is 17.6 Å². The van der Waals surface area contributed by atoms with Crippen molar-refractivity contribution in [2.75, 3.05) is 0 Å². The van der Waals surface area contributed by atoms with E-state index in [1.807, 2.05) is 0 Å². The number of rotatable bonds is 4. The number of hydrogen-bond acceptors (Lipinski definition) is 1. The lowest BCUT2D eigenvalue weighted by molar-refractivity contribution is -0.131. The standard InChI is InChI=1S/C7H4F6O2/c8-5(9)3(1-2-4(14)15)7(12,13)6(10)11/h1-2,6H,(H,14,15)/b2-1+. The van der Waals surface area contributed by atoms with Crippen LogP contribution in [0.1, 0.15) is 0 Å². The van der Waals surface area contributed by atoms with Crippen molar-refractivity contribution in [1.82, 2.24) is 0 Å². The summed E-state index contributed by atoms with van der Waals surface area (Å²) in [6.45, 7) is 0. The minimum Gasteiger partial charge on any atom is -0.478 e. The predicted molar refractivity (Wildman–Crippen MR) is 37.0 cm³/mol. The third kappa shape index (κ3) is 3.64. The molecule has 2 nitrogen and oxygen atoms in total. The average Bonchev–Trinajstić information content (AvgIpc) is 2.01. The van der Waals surface area contributed by atoms with Crippen LogP contribution in [-0.4, -0.2) is 23.4 Å². The van der Waals surface area contributed by atoms with Crippen molar-refractivity contribution in [3.05, 3.63) is 23.8 Å². The molecule has 1 N–H and O–H groups in total. The molecule has 0 radical (unpaired) electrons. The maximum atomic E-state index is 12.4. The second-order valence-electron chi connectivity index (χ2n) is 2.27. The average molecular weight is 234 g/mol. The van der Waals surface area contributed by atoms with Crippen molar-refractivity contribution in [1.29, 1.82) is 0 Å². The van der Waals surface area contributed by atoms with Crippen molar-refractivity contribution in [3.8, 4) is 0 Å². The fourth-order valence-electron chi connectivity index (χ4n) is 0.572. The molecule has 0 aromatic heterocycles. The lowest BCUT2D eigenvalue weighted by Gasteiger charge is -2.14. The molecule has 0 aromatic rings. The van der Waals surface area contributed by atoms with E-state index in [2.05, 4.69) is 0 Å². The third-order valence-electron chi connectivity index (χ3n) is 1.23. The van der Waals surface area contributed by atoms with Crippen molar-refractivity contribution < 1.29 is 36.2 Å². The van der Waals surface area contributed by atoms with E-state index in [1.54, 1.807) is 0 Å². The molecular formula is C7H4F6O2. The van der Waals surface area contributed by atoms with Crippen LogP contribution in [-0.2, 0) is 4.79 Å². The predicted octanol–water partition coefficient (Wildman–Crippen LogP) is 2.68. The largest absolute Gasteiger partial charge is 0.478 e. The quantitative estimate of drug-likeness (QED) is 0.461. The third-order valence-corrected chi connectivity index (χ3v) is 1.23. The summed E-state index contributed by atoms with van der Waals surface area (Å²) in [4.78, 5) is 9.84. The summed E-state index contributed by atoms with van der Waals surface area (Å²) in [6, 6.07) is 0. The molecule has 0 bridgehead atoms. The van der Waals surface area contributed by atoms with E-state index in [0.29, 0.717) is 0 Å². The maximum absolute atomic E-state index is 12.4. The summed E-state index contributed by atoms with van der Waals surface area (Å²) in [5.74, 6) is -6.89. The Bertz CT molecular complexity index is 303. The molecule has 0 saturated heterocycles. The Hall–Kier alpha value is -1.47. The first-order valence-corrected chi connectivity index (χ1v) is 3.32. The van der Waals surface area contributed by atoms with Gasteiger partial charge < -0.3 is 5.11 Å². The Kier molecular flexibility index (Phi) is 4.38. The lowest BCUT2D eigenvalue weighted by atomic mass is 10.1. The highest BCUT2D eigenvalue weighted by atomic mass is 19.3. The molecule has 0 atom stereocenters. The van der Waals surface area contributed by atoms with E-state index in [4.69, 9.17) is 5.11 Å². The maximum Gasteiger partial charge on any atom is 0.337 e. The van der Waals surface area contributed by atoms with Crippen molar-refractivity contribution in [3.63, 3.8) is 0 Å². The van der Waals surface area contributed by atoms with Crippen LogP contribution in [0.3, 0.4) is 0 Å². The second kappa shape index (κ2) is 4.85. The van der Waals surface area contributed by atoms with E-state index in [0.717, 1.165) is 0 Å². The van der Waals surface area contributed by atoms with Gasteiger partial charge in [0.1, 0.15) is 0 Å². The molecule has 86 valence electrons. The smallest absolute Gasteiger partial charge is 0.337 e. The molecule has 0 rings (SSSR count). The van der Waals surface area contributed by atoms with Crippen LogP contribution in [0.5, 0.6) is 0 Å². The zero-order valence-corrected chi connectivity index (χ0v) is 6.86. The van der Waals surface area contributed by atoms with Gasteiger partial charge in [0.05, 0.1) is 5.57 Å². The molecule has 0 aliphatic heterocycles. The zero-order chi connectivity index (χ0) is 12.2. The summed E-state index contributed by atoms with van der Waals surface area (Å²) < 4.78 is 71.7. The van der Waals surface area contributed by atoms with E-state index in [-0.39, 0.29) is 12.2 Å². The summed E-state index contributed by atoms with van der Waals surface area (Å²) in [6.07, 6.45) is -7.74. The first-order valence-electron chi connectivity index (χ1n) is 3.32. The number of allylic oxidation sites excluding steroid dienone is 2. The molecule has 0 aromatic carbocycles. The van der Waals surface area contributed by atoms with Crippen LogP contribution in [0.15, 0.2) is 23.8 Å². The van der Waals surface area contributed by atoms with Crippen LogP contribution in [0.4, 0.5) is 26.3 Å². The number of carboxylic acid groups (broad SMARTS) is 1. The van der Waals surface area contributed by atoms with Crippen molar-refractivity contribution in [2.24, 2.45) is 0 Å². The number of carboxylic acids is 1. The van der Waals surface area contributed by atoms with Gasteiger partial charge in [0, 0.05) is 6.08 Å². The summed E-state index contributed by atoms with van der Waals surface area (Å²) in [5.41, 5.74) is -2.31. The Morgan fingerprint density at radius 1 is 1.20 bits per heavy atom. The first kappa shape index (κ1) is 13.5. The van der Waals surface area contributed by atoms with Gasteiger partial charge in [-0.1, -0.05) is 0 Å². The van der Waals surface area contributed by atoms with Gasteiger partial charge in [0.25, 0.3) is 6.08 Å². The van der Waals surface area contributed by atoms with Gasteiger partial charge in [-0.05, 0) is 6.08 Å². The number of hydrogen-bond donors (Lipinski definition) is 1. The van der Waals surface area contributed by atoms with E-state index in [9.17, 15) is 31.1 Å². The van der Waals surface area contributed by atoms with Crippen molar-refractivity contribution in [2.45, 2.75) is 12.3 Å². The summed E-state index contributed by atoms with van der Waals surface area (Å²) in [7, 11) is 0. The normalized spacial score (nSPS) is 12.2. The topological polar surface area (TPSA) is 37.3 Å². The van der Waals surface area contributed by atoms with Crippen LogP contribution in [0.25, 0.3) is 0 Å². The van der Waals surface area contributed by atoms with E-state index >= 15 is 0 Å². The highest BCUT2D eigenvalue weighted by Gasteiger charge is 2.46. The second-order valence-corrected chi connectivity index (χ2v) is 2.27. The number of aliphatic carboxylic acids is 1. The fraction of sp³-hybridized carbons (Fsp3) is 0.286. The molecule has 0 spiro atoms. The van der Waals surface area contributed by atoms with E-state index in [1.165, 1.54) is 0 Å². The number of alkyl halides is 4. The van der Waals surface area contributed by atoms with Crippen LogP contribution in [0, 0.1) is 0 Å². The Balaban J connectivity index is 5.20. The van der Waals surface area contributed by atoms with Crippen molar-refractivity contribution >= 4 is 5.97 Å². The monoisotopic (exact) mass is 234 g/mol. The molecule has 0 aliphatic carbocycles. The van der Waals surface area contributed by atoms with E-state index < -0.39 is 30.0 Å². The highest BCUT2D eigenvalue weighted by Crippen LogP contribution is 2.34. The fourth-order valence-corrected chi connectivity index (χ4v) is 0.572. The molecule has 0 amide bonds. The van der Waals surface area contributed by atoms with Crippen LogP contribution >= 0.6 is 0 Å². The SMILES string of the molecule is O=C(O)/C=C/C(=C(F)F)C(F)(F)C(F)F. The summed E-state index contributed by atoms with van der Waals surface area (Å²) >= 11 is 0. The Morgan fingerprint density at radius 2 is 1.67 bits per heavy atom. The van der Waals surface area contributed by atoms with Crippen LogP contribution in [0.2, 0.25) is 0 Å². The zero-order valence-electron chi connectivity index (χ0n) is 6.86. The van der Waals surface area contributed by atoms with Gasteiger partial charge in [-0.3, -0.25) is 0 Å². The number of carbonyl (C=O) groups is 1. The molecule has 15 heavy (non-hydrogen) atoms. The van der Waals surface area contributed by atoms with Crippen LogP contribution < -0.4 is 0 Å². The van der Waals surface area contributed by atoms with Gasteiger partial charge >= 0.3 is 18.3 Å².